The fourth-order valence-electron chi connectivity index (χ4n) is 5.21. The molecule has 1 aliphatic carbocycles. The number of hydrogen-bond acceptors (Lipinski definition) is 4. The Morgan fingerprint density at radius 2 is 1.69 bits per heavy atom. The van der Waals surface area contributed by atoms with Crippen LogP contribution in [0.2, 0.25) is 0 Å². The number of carbonyl (C=O) groups is 2. The monoisotopic (exact) mass is 488 g/mol. The number of fused-ring (bicyclic) bond motifs is 1. The molecule has 1 heterocycles. The number of benzene rings is 3. The van der Waals surface area contributed by atoms with E-state index in [0.29, 0.717) is 32.4 Å². The minimum absolute atomic E-state index is 0.167. The molecule has 0 bridgehead atoms. The molecule has 1 atom stereocenters. The number of esters is 1. The molecule has 1 aliphatic heterocycles. The van der Waals surface area contributed by atoms with E-state index in [1.165, 1.54) is 19.2 Å². The zero-order valence-corrected chi connectivity index (χ0v) is 20.2. The quantitative estimate of drug-likeness (QED) is 0.508. The number of hydrogen-bond donors (Lipinski definition) is 1. The van der Waals surface area contributed by atoms with E-state index in [1.54, 1.807) is 17.0 Å². The van der Waals surface area contributed by atoms with Gasteiger partial charge in [0.1, 0.15) is 11.4 Å². The average molecular weight is 489 g/mol. The predicted molar refractivity (Wildman–Crippen MR) is 133 cm³/mol. The van der Waals surface area contributed by atoms with Gasteiger partial charge in [-0.3, -0.25) is 0 Å². The normalized spacial score (nSPS) is 22.8. The molecule has 7 heteroatoms. The van der Waals surface area contributed by atoms with E-state index in [0.717, 1.165) is 22.3 Å². The Kier molecular flexibility index (Phi) is 6.74. The highest BCUT2D eigenvalue weighted by molar-refractivity contribution is 5.89. The van der Waals surface area contributed by atoms with Crippen LogP contribution in [0.15, 0.2) is 78.9 Å². The molecule has 0 saturated heterocycles. The molecule has 0 radical (unpaired) electrons. The van der Waals surface area contributed by atoms with Crippen LogP contribution in [0.25, 0.3) is 0 Å². The zero-order chi connectivity index (χ0) is 25.1. The van der Waals surface area contributed by atoms with Crippen LogP contribution in [0.1, 0.15) is 41.1 Å². The first-order chi connectivity index (χ1) is 17.5. The van der Waals surface area contributed by atoms with Gasteiger partial charge in [-0.2, -0.15) is 0 Å². The summed E-state index contributed by atoms with van der Waals surface area (Å²) in [7, 11) is 1.33. The molecule has 0 unspecified atom stereocenters. The lowest BCUT2D eigenvalue weighted by molar-refractivity contribution is -0.161. The van der Waals surface area contributed by atoms with Gasteiger partial charge in [0.25, 0.3) is 0 Å². The molecule has 1 fully saturated rings. The number of carbonyl (C=O) groups excluding carboxylic acids is 2. The second-order valence-electron chi connectivity index (χ2n) is 9.43. The van der Waals surface area contributed by atoms with Crippen LogP contribution < -0.4 is 5.32 Å². The third-order valence-corrected chi connectivity index (χ3v) is 7.13. The molecule has 1 saturated carbocycles. The fraction of sp³-hybridized carbons (Fsp3) is 0.310. The minimum atomic E-state index is -1.14. The maximum atomic E-state index is 13.7. The summed E-state index contributed by atoms with van der Waals surface area (Å²) in [5.74, 6) is -0.814. The molecule has 186 valence electrons. The first kappa shape index (κ1) is 24.0. The van der Waals surface area contributed by atoms with Crippen LogP contribution in [0.4, 0.5) is 9.18 Å². The van der Waals surface area contributed by atoms with Gasteiger partial charge in [0, 0.05) is 19.4 Å². The number of rotatable bonds is 6. The molecule has 36 heavy (non-hydrogen) atoms. The van der Waals surface area contributed by atoms with Gasteiger partial charge in [-0.25, -0.2) is 14.0 Å². The maximum absolute atomic E-state index is 13.7. The van der Waals surface area contributed by atoms with Gasteiger partial charge >= 0.3 is 12.0 Å². The molecule has 3 aromatic carbocycles. The van der Waals surface area contributed by atoms with Crippen LogP contribution in [0.5, 0.6) is 0 Å². The maximum Gasteiger partial charge on any atom is 0.331 e. The number of halogens is 1. The Labute approximate surface area is 210 Å². The standard InChI is InChI=1S/C29H29FN2O4/c1-35-27(33)29(17-24(18-29)36-19-20-7-3-2-4-8-20)31-28(34)32-16-15-21-9-5-6-10-25(21)26(32)22-11-13-23(30)14-12-22/h2-14,24,26H,15-19H2,1H3,(H,31,34)/t24?,26-,29?/m0/s1. The summed E-state index contributed by atoms with van der Waals surface area (Å²) in [6.07, 6.45) is 1.20. The van der Waals surface area contributed by atoms with E-state index in [-0.39, 0.29) is 18.0 Å². The summed E-state index contributed by atoms with van der Waals surface area (Å²) in [5.41, 5.74) is 2.86. The lowest BCUT2D eigenvalue weighted by Gasteiger charge is -2.47. The SMILES string of the molecule is COC(=O)C1(NC(=O)N2CCc3ccccc3[C@@H]2c2ccc(F)cc2)CC(OCc2ccccc2)C1. The van der Waals surface area contributed by atoms with Crippen LogP contribution in [-0.4, -0.2) is 42.2 Å². The van der Waals surface area contributed by atoms with Crippen molar-refractivity contribution < 1.29 is 23.5 Å². The molecule has 0 aromatic heterocycles. The zero-order valence-electron chi connectivity index (χ0n) is 20.2. The highest BCUT2D eigenvalue weighted by Crippen LogP contribution is 2.39. The summed E-state index contributed by atoms with van der Waals surface area (Å²) in [4.78, 5) is 28.2. The third kappa shape index (κ3) is 4.71. The van der Waals surface area contributed by atoms with E-state index in [9.17, 15) is 14.0 Å². The average Bonchev–Trinajstić information content (AvgIpc) is 2.89. The van der Waals surface area contributed by atoms with Crippen molar-refractivity contribution in [1.82, 2.24) is 10.2 Å². The van der Waals surface area contributed by atoms with E-state index in [2.05, 4.69) is 11.4 Å². The molecule has 3 aromatic rings. The van der Waals surface area contributed by atoms with E-state index < -0.39 is 17.6 Å². The van der Waals surface area contributed by atoms with E-state index >= 15 is 0 Å². The highest BCUT2D eigenvalue weighted by atomic mass is 19.1. The highest BCUT2D eigenvalue weighted by Gasteiger charge is 2.54. The lowest BCUT2D eigenvalue weighted by Crippen LogP contribution is -2.67. The summed E-state index contributed by atoms with van der Waals surface area (Å²) in [5, 5.41) is 2.98. The number of methoxy groups -OCH3 is 1. The molecular formula is C29H29FN2O4. The molecule has 6 nitrogen and oxygen atoms in total. The molecular weight excluding hydrogens is 459 g/mol. The molecule has 1 N–H and O–H groups in total. The van der Waals surface area contributed by atoms with Crippen LogP contribution in [0, 0.1) is 5.82 Å². The van der Waals surface area contributed by atoms with Crippen molar-refractivity contribution in [2.45, 2.75) is 43.6 Å². The molecule has 2 aliphatic rings. The molecule has 2 amide bonds. The Bertz CT molecular complexity index is 1230. The van der Waals surface area contributed by atoms with Gasteiger partial charge in [0.15, 0.2) is 0 Å². The van der Waals surface area contributed by atoms with Crippen molar-refractivity contribution in [2.75, 3.05) is 13.7 Å². The summed E-state index contributed by atoms with van der Waals surface area (Å²) < 4.78 is 24.7. The second kappa shape index (κ2) is 10.1. The summed E-state index contributed by atoms with van der Waals surface area (Å²) >= 11 is 0. The lowest BCUT2D eigenvalue weighted by atomic mass is 9.74. The van der Waals surface area contributed by atoms with Gasteiger partial charge in [0.05, 0.1) is 25.9 Å². The van der Waals surface area contributed by atoms with Crippen molar-refractivity contribution in [1.29, 1.82) is 0 Å². The summed E-state index contributed by atoms with van der Waals surface area (Å²) in [6, 6.07) is 23.2. The van der Waals surface area contributed by atoms with E-state index in [1.807, 2.05) is 48.5 Å². The second-order valence-corrected chi connectivity index (χ2v) is 9.43. The predicted octanol–water partition coefficient (Wildman–Crippen LogP) is 4.77. The smallest absolute Gasteiger partial charge is 0.331 e. The van der Waals surface area contributed by atoms with Gasteiger partial charge in [-0.05, 0) is 40.8 Å². The van der Waals surface area contributed by atoms with Gasteiger partial charge in [-0.1, -0.05) is 66.7 Å². The van der Waals surface area contributed by atoms with Crippen LogP contribution in [0.3, 0.4) is 0 Å². The largest absolute Gasteiger partial charge is 0.467 e. The van der Waals surface area contributed by atoms with Crippen LogP contribution in [-0.2, 0) is 27.3 Å². The topological polar surface area (TPSA) is 67.9 Å². The van der Waals surface area contributed by atoms with Crippen molar-refractivity contribution in [2.24, 2.45) is 0 Å². The van der Waals surface area contributed by atoms with Gasteiger partial charge < -0.3 is 19.7 Å². The third-order valence-electron chi connectivity index (χ3n) is 7.13. The number of nitrogens with zero attached hydrogens (tertiary/aromatic N) is 1. The summed E-state index contributed by atoms with van der Waals surface area (Å²) in [6.45, 7) is 0.905. The van der Waals surface area contributed by atoms with E-state index in [4.69, 9.17) is 9.47 Å². The minimum Gasteiger partial charge on any atom is -0.467 e. The van der Waals surface area contributed by atoms with Gasteiger partial charge in [0.2, 0.25) is 0 Å². The van der Waals surface area contributed by atoms with Crippen LogP contribution >= 0.6 is 0 Å². The van der Waals surface area contributed by atoms with Crippen molar-refractivity contribution in [3.63, 3.8) is 0 Å². The number of amides is 2. The Balaban J connectivity index is 1.34. The Hall–Kier alpha value is -3.71. The fourth-order valence-corrected chi connectivity index (χ4v) is 5.21. The van der Waals surface area contributed by atoms with Crippen molar-refractivity contribution in [3.05, 3.63) is 107 Å². The Morgan fingerprint density at radius 3 is 2.42 bits per heavy atom. The number of ether oxygens (including phenoxy) is 2. The first-order valence-electron chi connectivity index (χ1n) is 12.1. The Morgan fingerprint density at radius 1 is 1.00 bits per heavy atom. The van der Waals surface area contributed by atoms with Gasteiger partial charge in [-0.15, -0.1) is 0 Å². The first-order valence-corrected chi connectivity index (χ1v) is 12.1. The van der Waals surface area contributed by atoms with Crippen molar-refractivity contribution in [3.8, 4) is 0 Å². The molecule has 0 spiro atoms. The molecule has 5 rings (SSSR count). The number of nitrogens with one attached hydrogen (secondary N) is 1. The van der Waals surface area contributed by atoms with Crippen molar-refractivity contribution >= 4 is 12.0 Å². The number of urea groups is 1.